The fraction of sp³-hybridized carbons (Fsp3) is 0.923. The van der Waals surface area contributed by atoms with Crippen molar-refractivity contribution in [2.45, 2.75) is 79.6 Å². The average molecular weight is 271 g/mol. The molecule has 0 aliphatic rings. The monoisotopic (exact) mass is 271 g/mol. The highest BCUT2D eigenvalue weighted by Gasteiger charge is 2.27. The van der Waals surface area contributed by atoms with E-state index in [1.54, 1.807) is 0 Å². The number of hydrogen-bond acceptors (Lipinski definition) is 2. The lowest BCUT2D eigenvalue weighted by atomic mass is 10.3. The van der Waals surface area contributed by atoms with Crippen LogP contribution in [0.4, 0.5) is 0 Å². The minimum Gasteiger partial charge on any atom is -0.407 e. The van der Waals surface area contributed by atoms with E-state index >= 15 is 0 Å². The molecule has 0 aliphatic carbocycles. The maximum atomic E-state index is 8.94. The first-order chi connectivity index (χ1) is 8.23. The second-order valence-corrected chi connectivity index (χ2v) is 7.33. The van der Waals surface area contributed by atoms with Gasteiger partial charge in [-0.25, -0.2) is 0 Å². The fourth-order valence-electron chi connectivity index (χ4n) is 2.33. The second kappa shape index (κ2) is 8.01. The van der Waals surface area contributed by atoms with Crippen LogP contribution in [-0.4, -0.2) is 44.3 Å². The third kappa shape index (κ3) is 4.78. The molecule has 0 heterocycles. The Labute approximate surface area is 114 Å². The lowest BCUT2D eigenvalue weighted by Gasteiger charge is -2.49. The molecule has 0 aromatic heterocycles. The zero-order valence-corrected chi connectivity index (χ0v) is 13.9. The Morgan fingerprint density at radius 3 is 1.22 bits per heavy atom. The van der Waals surface area contributed by atoms with Crippen molar-refractivity contribution in [2.24, 2.45) is 0 Å². The summed E-state index contributed by atoms with van der Waals surface area (Å²) in [5.74, 6) is 2.91. The highest BCUT2D eigenvalue weighted by molar-refractivity contribution is 7.68. The quantitative estimate of drug-likeness (QED) is 0.233. The van der Waals surface area contributed by atoms with Crippen molar-refractivity contribution in [1.82, 2.24) is 9.34 Å². The van der Waals surface area contributed by atoms with Gasteiger partial charge in [0.15, 0.2) is 0 Å². The van der Waals surface area contributed by atoms with Gasteiger partial charge in [-0.2, -0.15) is 0 Å². The normalized spacial score (nSPS) is 12.6. The van der Waals surface area contributed by atoms with Crippen molar-refractivity contribution < 1.29 is 4.79 Å². The molecule has 5 heteroatoms. The molecule has 0 bridgehead atoms. The summed E-state index contributed by atoms with van der Waals surface area (Å²) >= 11 is 0. The Bertz CT molecular complexity index is 247. The zero-order valence-electron chi connectivity index (χ0n) is 13.0. The van der Waals surface area contributed by atoms with E-state index in [4.69, 9.17) is 5.53 Å². The minimum atomic E-state index is -0.845. The molecule has 4 nitrogen and oxygen atoms in total. The van der Waals surface area contributed by atoms with Crippen molar-refractivity contribution in [3.05, 3.63) is 5.53 Å². The molecule has 0 amide bonds. The van der Waals surface area contributed by atoms with Gasteiger partial charge in [0.1, 0.15) is 0 Å². The summed E-state index contributed by atoms with van der Waals surface area (Å²) in [4.78, 5) is 3.20. The van der Waals surface area contributed by atoms with Gasteiger partial charge in [0, 0.05) is 24.2 Å². The molecule has 106 valence electrons. The summed E-state index contributed by atoms with van der Waals surface area (Å²) in [6.45, 7) is 17.4. The van der Waals surface area contributed by atoms with Gasteiger partial charge in [0.05, 0.1) is 0 Å². The summed E-state index contributed by atoms with van der Waals surface area (Å²) in [6, 6.07) is 1.58. The van der Waals surface area contributed by atoms with Crippen LogP contribution in [0, 0.1) is 0 Å². The van der Waals surface area contributed by atoms with E-state index in [0.29, 0.717) is 24.2 Å². The van der Waals surface area contributed by atoms with E-state index in [9.17, 15) is 0 Å². The number of nitrogens with zero attached hydrogens (tertiary/aromatic N) is 4. The van der Waals surface area contributed by atoms with Crippen LogP contribution >= 0.6 is 8.22 Å². The first kappa shape index (κ1) is 17.7. The molecule has 0 aromatic carbocycles. The van der Waals surface area contributed by atoms with E-state index in [1.807, 2.05) is 0 Å². The van der Waals surface area contributed by atoms with E-state index in [0.717, 1.165) is 0 Å². The van der Waals surface area contributed by atoms with Crippen LogP contribution in [0.15, 0.2) is 0 Å². The molecule has 0 saturated carbocycles. The van der Waals surface area contributed by atoms with E-state index in [2.05, 4.69) is 75.5 Å². The molecule has 0 unspecified atom stereocenters. The molecular formula is C13H28N4P-. The Balaban J connectivity index is 5.43. The maximum absolute atomic E-state index is 8.94. The molecule has 0 N–H and O–H groups in total. The Kier molecular flexibility index (Phi) is 7.89. The van der Waals surface area contributed by atoms with Gasteiger partial charge >= 0.3 is 0 Å². The third-order valence-electron chi connectivity index (χ3n) is 2.69. The second-order valence-electron chi connectivity index (χ2n) is 5.62. The highest BCUT2D eigenvalue weighted by atomic mass is 31.1. The van der Waals surface area contributed by atoms with Crippen LogP contribution in [0.3, 0.4) is 0 Å². The Hall–Kier alpha value is -0.270. The Morgan fingerprint density at radius 1 is 0.778 bits per heavy atom. The summed E-state index contributed by atoms with van der Waals surface area (Å²) in [5.41, 5.74) is 8.94. The maximum Gasteiger partial charge on any atom is 0.00705 e. The molecular weight excluding hydrogens is 243 g/mol. The molecule has 0 aromatic rings. The topological polar surface area (TPSA) is 42.9 Å². The molecule has 0 atom stereocenters. The Morgan fingerprint density at radius 2 is 1.06 bits per heavy atom. The summed E-state index contributed by atoms with van der Waals surface area (Å²) in [6.07, 6.45) is 0. The predicted molar refractivity (Wildman–Crippen MR) is 79.8 cm³/mol. The summed E-state index contributed by atoms with van der Waals surface area (Å²) in [7, 11) is -0.845. The van der Waals surface area contributed by atoms with Crippen LogP contribution in [0.5, 0.6) is 0 Å². The SMILES string of the molecule is CC(C)N(C(C)C)P([C-]=[N+]=[N-])N(C(C)C)C(C)C. The van der Waals surface area contributed by atoms with Gasteiger partial charge in [-0.3, -0.25) is 9.34 Å². The minimum absolute atomic E-state index is 0.394. The van der Waals surface area contributed by atoms with Gasteiger partial charge in [-0.1, -0.05) is 0 Å². The molecule has 0 rings (SSSR count). The molecule has 0 fully saturated rings. The number of rotatable bonds is 7. The zero-order chi connectivity index (χ0) is 14.5. The van der Waals surface area contributed by atoms with Crippen LogP contribution < -0.4 is 0 Å². The smallest absolute Gasteiger partial charge is 0.00705 e. The molecule has 0 spiro atoms. The van der Waals surface area contributed by atoms with Crippen molar-refractivity contribution in [2.75, 3.05) is 0 Å². The van der Waals surface area contributed by atoms with E-state index in [1.165, 1.54) is 0 Å². The van der Waals surface area contributed by atoms with Crippen LogP contribution in [-0.2, 0) is 0 Å². The predicted octanol–water partition coefficient (Wildman–Crippen LogP) is 3.67. The highest BCUT2D eigenvalue weighted by Crippen LogP contribution is 2.46. The van der Waals surface area contributed by atoms with Gasteiger partial charge < -0.3 is 10.3 Å². The van der Waals surface area contributed by atoms with Crippen LogP contribution in [0.25, 0.3) is 5.53 Å². The standard InChI is InChI=1S/C13H28N4P/c1-10(2)16(11(3)4)18(9-15-14)17(12(5)6)13(7)8/h10-13H,1-8H3/q-1. The lowest BCUT2D eigenvalue weighted by molar-refractivity contribution is 0.00653. The average Bonchev–Trinajstić information content (AvgIpc) is 2.14. The third-order valence-corrected chi connectivity index (χ3v) is 5.68. The lowest BCUT2D eigenvalue weighted by Crippen LogP contribution is -2.43. The first-order valence-corrected chi connectivity index (χ1v) is 7.95. The van der Waals surface area contributed by atoms with Crippen molar-refractivity contribution in [3.8, 4) is 0 Å². The molecule has 0 aliphatic heterocycles. The molecule has 0 radical (unpaired) electrons. The van der Waals surface area contributed by atoms with Crippen molar-refractivity contribution in [1.29, 1.82) is 0 Å². The van der Waals surface area contributed by atoms with Crippen molar-refractivity contribution >= 4 is 14.2 Å². The fourth-order valence-corrected chi connectivity index (χ4v) is 4.61. The van der Waals surface area contributed by atoms with E-state index in [-0.39, 0.29) is 0 Å². The van der Waals surface area contributed by atoms with Crippen LogP contribution in [0.1, 0.15) is 55.4 Å². The molecule has 0 saturated heterocycles. The first-order valence-electron chi connectivity index (χ1n) is 6.70. The number of hydrogen-bond donors (Lipinski definition) is 0. The van der Waals surface area contributed by atoms with Crippen molar-refractivity contribution in [3.63, 3.8) is 0 Å². The van der Waals surface area contributed by atoms with Gasteiger partial charge in [-0.15, -0.1) is 0 Å². The van der Waals surface area contributed by atoms with Gasteiger partial charge in [0.25, 0.3) is 0 Å². The summed E-state index contributed by atoms with van der Waals surface area (Å²) in [5, 5.41) is 0. The van der Waals surface area contributed by atoms with Crippen LogP contribution in [0.2, 0.25) is 0 Å². The largest absolute Gasteiger partial charge is 0.407 e. The van der Waals surface area contributed by atoms with E-state index < -0.39 is 8.22 Å². The van der Waals surface area contributed by atoms with Gasteiger partial charge in [-0.05, 0) is 69.6 Å². The summed E-state index contributed by atoms with van der Waals surface area (Å²) < 4.78 is 4.74. The van der Waals surface area contributed by atoms with Gasteiger partial charge in [0.2, 0.25) is 0 Å². The molecule has 18 heavy (non-hydrogen) atoms.